The minimum atomic E-state index is -0.781. The van der Waals surface area contributed by atoms with E-state index in [1.807, 2.05) is 0 Å². The number of carbonyl (C=O) groups is 3. The lowest BCUT2D eigenvalue weighted by Gasteiger charge is -2.18. The zero-order valence-corrected chi connectivity index (χ0v) is 45.4. The van der Waals surface area contributed by atoms with Crippen LogP contribution in [-0.2, 0) is 28.6 Å². The second-order valence-corrected chi connectivity index (χ2v) is 19.9. The first-order valence-corrected chi connectivity index (χ1v) is 29.6. The lowest BCUT2D eigenvalue weighted by molar-refractivity contribution is -0.167. The van der Waals surface area contributed by atoms with Gasteiger partial charge in [-0.2, -0.15) is 0 Å². The van der Waals surface area contributed by atoms with E-state index < -0.39 is 6.10 Å². The van der Waals surface area contributed by atoms with Crippen molar-refractivity contribution in [2.75, 3.05) is 13.2 Å². The SMILES string of the molecule is CCCCC/C=C\C/C=C\CCCCCCCCCC(=O)O[C@H](COC(=O)CCCCCCC/C=C\CCCCCCC)COC(=O)CCCCCCCCCCC/C=C\CCCCCCCC. The highest BCUT2D eigenvalue weighted by molar-refractivity contribution is 5.71. The van der Waals surface area contributed by atoms with Gasteiger partial charge < -0.3 is 14.2 Å². The number of carbonyl (C=O) groups excluding carboxylic acids is 3. The highest BCUT2D eigenvalue weighted by atomic mass is 16.6. The molecule has 0 aromatic heterocycles. The predicted molar refractivity (Wildman–Crippen MR) is 293 cm³/mol. The summed E-state index contributed by atoms with van der Waals surface area (Å²) in [6.07, 6.45) is 69.5. The van der Waals surface area contributed by atoms with Crippen molar-refractivity contribution in [3.63, 3.8) is 0 Å². The maximum Gasteiger partial charge on any atom is 0.306 e. The molecule has 0 rings (SSSR count). The molecule has 0 saturated carbocycles. The molecule has 0 aliphatic rings. The zero-order chi connectivity index (χ0) is 49.3. The van der Waals surface area contributed by atoms with Gasteiger partial charge in [0.25, 0.3) is 0 Å². The van der Waals surface area contributed by atoms with E-state index >= 15 is 0 Å². The van der Waals surface area contributed by atoms with Crippen LogP contribution in [0.25, 0.3) is 0 Å². The second-order valence-electron chi connectivity index (χ2n) is 19.9. The minimum absolute atomic E-state index is 0.0784. The number of allylic oxidation sites excluding steroid dienone is 8. The number of hydrogen-bond donors (Lipinski definition) is 0. The molecule has 0 aliphatic heterocycles. The highest BCUT2D eigenvalue weighted by Crippen LogP contribution is 2.16. The molecule has 0 heterocycles. The van der Waals surface area contributed by atoms with Gasteiger partial charge in [0.1, 0.15) is 13.2 Å². The van der Waals surface area contributed by atoms with Crippen molar-refractivity contribution in [2.24, 2.45) is 0 Å². The number of rotatable bonds is 54. The van der Waals surface area contributed by atoms with Crippen LogP contribution in [0.1, 0.15) is 310 Å². The quantitative estimate of drug-likeness (QED) is 0.0262. The molecule has 6 nitrogen and oxygen atoms in total. The summed E-state index contributed by atoms with van der Waals surface area (Å²) in [6.45, 7) is 6.62. The van der Waals surface area contributed by atoms with Crippen LogP contribution in [-0.4, -0.2) is 37.2 Å². The Morgan fingerprint density at radius 1 is 0.294 bits per heavy atom. The van der Waals surface area contributed by atoms with E-state index in [1.165, 1.54) is 193 Å². The van der Waals surface area contributed by atoms with Crippen LogP contribution in [0.2, 0.25) is 0 Å². The van der Waals surface area contributed by atoms with Crippen LogP contribution in [0, 0.1) is 0 Å². The molecule has 0 spiro atoms. The Kier molecular flexibility index (Phi) is 54.8. The fraction of sp³-hybridized carbons (Fsp3) is 0.823. The Morgan fingerprint density at radius 3 is 0.853 bits per heavy atom. The maximum atomic E-state index is 12.9. The van der Waals surface area contributed by atoms with E-state index in [2.05, 4.69) is 69.4 Å². The monoisotopic (exact) mass is 953 g/mol. The van der Waals surface area contributed by atoms with Crippen LogP contribution in [0.15, 0.2) is 48.6 Å². The second kappa shape index (κ2) is 57.0. The van der Waals surface area contributed by atoms with Crippen molar-refractivity contribution < 1.29 is 28.6 Å². The standard InChI is InChI=1S/C62H112O6/c1-4-7-10-13-16-19-22-25-28-30-31-33-34-37-40-43-46-49-52-55-61(64)67-58-59(57-66-60(63)54-51-48-45-42-39-36-27-24-21-18-15-12-9-6-3)68-62(65)56-53-50-47-44-41-38-35-32-29-26-23-20-17-14-11-8-5-2/h17,20,24-29,59H,4-16,18-19,21-23,30-58H2,1-3H3/b20-17-,27-24-,28-25-,29-26-/t59-/m1/s1. The zero-order valence-electron chi connectivity index (χ0n) is 45.4. The Morgan fingerprint density at radius 2 is 0.529 bits per heavy atom. The molecule has 0 saturated heterocycles. The van der Waals surface area contributed by atoms with Crippen molar-refractivity contribution in [1.82, 2.24) is 0 Å². The summed E-state index contributed by atoms with van der Waals surface area (Å²) >= 11 is 0. The summed E-state index contributed by atoms with van der Waals surface area (Å²) in [5, 5.41) is 0. The van der Waals surface area contributed by atoms with Crippen LogP contribution < -0.4 is 0 Å². The van der Waals surface area contributed by atoms with Crippen molar-refractivity contribution in [1.29, 1.82) is 0 Å². The Hall–Kier alpha value is -2.63. The summed E-state index contributed by atoms with van der Waals surface area (Å²) in [7, 11) is 0. The van der Waals surface area contributed by atoms with Gasteiger partial charge in [0.05, 0.1) is 0 Å². The number of ether oxygens (including phenoxy) is 3. The Bertz CT molecular complexity index is 1190. The van der Waals surface area contributed by atoms with Crippen molar-refractivity contribution in [2.45, 2.75) is 316 Å². The van der Waals surface area contributed by atoms with Crippen molar-refractivity contribution in [3.8, 4) is 0 Å². The Labute approximate surface area is 422 Å². The average molecular weight is 954 g/mol. The molecule has 0 bridgehead atoms. The molecule has 6 heteroatoms. The van der Waals surface area contributed by atoms with Crippen LogP contribution in [0.3, 0.4) is 0 Å². The molecule has 68 heavy (non-hydrogen) atoms. The minimum Gasteiger partial charge on any atom is -0.462 e. The molecule has 0 aliphatic carbocycles. The third-order valence-corrected chi connectivity index (χ3v) is 13.0. The average Bonchev–Trinajstić information content (AvgIpc) is 3.34. The van der Waals surface area contributed by atoms with Crippen LogP contribution in [0.5, 0.6) is 0 Å². The van der Waals surface area contributed by atoms with Gasteiger partial charge in [-0.3, -0.25) is 14.4 Å². The third-order valence-electron chi connectivity index (χ3n) is 13.0. The Balaban J connectivity index is 4.36. The molecule has 0 unspecified atom stereocenters. The van der Waals surface area contributed by atoms with Gasteiger partial charge in [-0.05, 0) is 103 Å². The molecule has 396 valence electrons. The lowest BCUT2D eigenvalue weighted by atomic mass is 10.1. The molecule has 0 aromatic rings. The summed E-state index contributed by atoms with van der Waals surface area (Å²) in [4.78, 5) is 38.2. The van der Waals surface area contributed by atoms with E-state index in [0.29, 0.717) is 19.3 Å². The first kappa shape index (κ1) is 65.4. The normalized spacial score (nSPS) is 12.3. The van der Waals surface area contributed by atoms with Crippen LogP contribution in [0.4, 0.5) is 0 Å². The molecule has 0 radical (unpaired) electrons. The van der Waals surface area contributed by atoms with Gasteiger partial charge >= 0.3 is 17.9 Å². The molecule has 0 N–H and O–H groups in total. The largest absolute Gasteiger partial charge is 0.462 e. The number of unbranched alkanes of at least 4 members (excludes halogenated alkanes) is 35. The van der Waals surface area contributed by atoms with E-state index in [1.54, 1.807) is 0 Å². The van der Waals surface area contributed by atoms with Gasteiger partial charge in [-0.25, -0.2) is 0 Å². The van der Waals surface area contributed by atoms with E-state index in [-0.39, 0.29) is 31.1 Å². The van der Waals surface area contributed by atoms with Gasteiger partial charge in [0, 0.05) is 19.3 Å². The summed E-state index contributed by atoms with van der Waals surface area (Å²) in [5.74, 6) is -0.883. The predicted octanol–water partition coefficient (Wildman–Crippen LogP) is 19.8. The summed E-state index contributed by atoms with van der Waals surface area (Å²) in [6, 6.07) is 0. The maximum absolute atomic E-state index is 12.9. The van der Waals surface area contributed by atoms with Gasteiger partial charge in [-0.1, -0.05) is 236 Å². The van der Waals surface area contributed by atoms with Gasteiger partial charge in [0.2, 0.25) is 0 Å². The summed E-state index contributed by atoms with van der Waals surface area (Å²) < 4.78 is 16.9. The molecule has 0 amide bonds. The highest BCUT2D eigenvalue weighted by Gasteiger charge is 2.19. The molecular formula is C62H112O6. The fourth-order valence-electron chi connectivity index (χ4n) is 8.52. The topological polar surface area (TPSA) is 78.9 Å². The number of esters is 3. The van der Waals surface area contributed by atoms with E-state index in [9.17, 15) is 14.4 Å². The van der Waals surface area contributed by atoms with E-state index in [0.717, 1.165) is 77.0 Å². The number of hydrogen-bond acceptors (Lipinski definition) is 6. The van der Waals surface area contributed by atoms with Crippen molar-refractivity contribution >= 4 is 17.9 Å². The first-order chi connectivity index (χ1) is 33.5. The molecule has 1 atom stereocenters. The molecular weight excluding hydrogens is 841 g/mol. The molecule has 0 fully saturated rings. The lowest BCUT2D eigenvalue weighted by Crippen LogP contribution is -2.30. The first-order valence-electron chi connectivity index (χ1n) is 29.6. The fourth-order valence-corrected chi connectivity index (χ4v) is 8.52. The summed E-state index contributed by atoms with van der Waals surface area (Å²) in [5.41, 5.74) is 0. The van der Waals surface area contributed by atoms with Crippen LogP contribution >= 0.6 is 0 Å². The third kappa shape index (κ3) is 54.3. The van der Waals surface area contributed by atoms with E-state index in [4.69, 9.17) is 14.2 Å². The molecule has 0 aromatic carbocycles. The smallest absolute Gasteiger partial charge is 0.306 e. The van der Waals surface area contributed by atoms with Gasteiger partial charge in [0.15, 0.2) is 6.10 Å². The van der Waals surface area contributed by atoms with Crippen molar-refractivity contribution in [3.05, 3.63) is 48.6 Å². The van der Waals surface area contributed by atoms with Gasteiger partial charge in [-0.15, -0.1) is 0 Å².